The van der Waals surface area contributed by atoms with Crippen LogP contribution in [0.5, 0.6) is 0 Å². The van der Waals surface area contributed by atoms with E-state index < -0.39 is 0 Å². The Labute approximate surface area is 141 Å². The molecule has 23 heavy (non-hydrogen) atoms. The number of hydrogen-bond donors (Lipinski definition) is 0. The molecule has 0 saturated carbocycles. The largest absolute Gasteiger partial charge is 0.363 e. The van der Waals surface area contributed by atoms with Crippen molar-refractivity contribution in [2.24, 2.45) is 0 Å². The van der Waals surface area contributed by atoms with Gasteiger partial charge >= 0.3 is 0 Å². The number of anilines is 1. The molecule has 0 aromatic carbocycles. The van der Waals surface area contributed by atoms with Gasteiger partial charge in [0, 0.05) is 44.2 Å². The molecule has 5 heteroatoms. The van der Waals surface area contributed by atoms with Crippen LogP contribution in [0.1, 0.15) is 38.9 Å². The van der Waals surface area contributed by atoms with Gasteiger partial charge in [-0.25, -0.2) is 4.98 Å². The maximum atomic E-state index is 12.7. The highest BCUT2D eigenvalue weighted by atomic mass is 32.1. The molecule has 1 saturated heterocycles. The summed E-state index contributed by atoms with van der Waals surface area (Å²) in [6.45, 7) is 3.70. The van der Waals surface area contributed by atoms with E-state index >= 15 is 0 Å². The second kappa shape index (κ2) is 6.71. The van der Waals surface area contributed by atoms with E-state index in [2.05, 4.69) is 17.1 Å². The molecule has 0 radical (unpaired) electrons. The quantitative estimate of drug-likeness (QED) is 0.864. The van der Waals surface area contributed by atoms with E-state index in [1.807, 2.05) is 49.1 Å². The van der Waals surface area contributed by atoms with Gasteiger partial charge in [-0.1, -0.05) is 0 Å². The van der Waals surface area contributed by atoms with Crippen LogP contribution >= 0.6 is 11.3 Å². The summed E-state index contributed by atoms with van der Waals surface area (Å²) < 4.78 is 0. The van der Waals surface area contributed by atoms with Gasteiger partial charge in [0.2, 0.25) is 0 Å². The van der Waals surface area contributed by atoms with Crippen LogP contribution in [0.15, 0.2) is 30.5 Å². The highest BCUT2D eigenvalue weighted by molar-refractivity contribution is 7.13. The van der Waals surface area contributed by atoms with Crippen LogP contribution in [0.4, 0.5) is 5.82 Å². The number of amides is 1. The number of thiophene rings is 1. The molecule has 1 aliphatic rings. The standard InChI is InChI=1S/C18H23N3OS/c1-13-6-7-16(23-13)18(22)21-10-4-5-15(12-21)14-8-9-19-17(11-14)20(2)3/h6-9,11,15H,4-5,10,12H2,1-3H3/t15-/m0/s1. The number of aromatic nitrogens is 1. The predicted octanol–water partition coefficient (Wildman–Crippen LogP) is 3.54. The first-order chi connectivity index (χ1) is 11.0. The van der Waals surface area contributed by atoms with Crippen molar-refractivity contribution in [3.63, 3.8) is 0 Å². The van der Waals surface area contributed by atoms with E-state index in [-0.39, 0.29) is 5.91 Å². The molecule has 1 atom stereocenters. The van der Waals surface area contributed by atoms with Crippen LogP contribution in [0.25, 0.3) is 0 Å². The molecule has 1 amide bonds. The fourth-order valence-corrected chi connectivity index (χ4v) is 3.91. The summed E-state index contributed by atoms with van der Waals surface area (Å²) in [7, 11) is 4.00. The van der Waals surface area contributed by atoms with Crippen LogP contribution < -0.4 is 4.90 Å². The first-order valence-corrected chi connectivity index (χ1v) is 8.85. The van der Waals surface area contributed by atoms with Crippen molar-refractivity contribution in [2.75, 3.05) is 32.1 Å². The second-order valence-electron chi connectivity index (χ2n) is 6.34. The van der Waals surface area contributed by atoms with Gasteiger partial charge in [-0.15, -0.1) is 11.3 Å². The lowest BCUT2D eigenvalue weighted by Crippen LogP contribution is -2.38. The SMILES string of the molecule is Cc1ccc(C(=O)N2CCC[C@H](c3ccnc(N(C)C)c3)C2)s1. The Bertz CT molecular complexity index is 695. The molecule has 1 aliphatic heterocycles. The van der Waals surface area contributed by atoms with Crippen LogP contribution in [-0.4, -0.2) is 43.0 Å². The Kier molecular flexibility index (Phi) is 4.66. The fourth-order valence-electron chi connectivity index (χ4n) is 3.07. The van der Waals surface area contributed by atoms with Crippen molar-refractivity contribution >= 4 is 23.1 Å². The van der Waals surface area contributed by atoms with Gasteiger partial charge < -0.3 is 9.80 Å². The molecule has 0 bridgehead atoms. The monoisotopic (exact) mass is 329 g/mol. The Morgan fingerprint density at radius 3 is 2.87 bits per heavy atom. The summed E-state index contributed by atoms with van der Waals surface area (Å²) in [5, 5.41) is 0. The number of carbonyl (C=O) groups excluding carboxylic acids is 1. The van der Waals surface area contributed by atoms with E-state index in [9.17, 15) is 4.79 Å². The van der Waals surface area contributed by atoms with E-state index in [0.717, 1.165) is 36.6 Å². The van der Waals surface area contributed by atoms with E-state index in [1.165, 1.54) is 10.4 Å². The van der Waals surface area contributed by atoms with Gasteiger partial charge in [-0.3, -0.25) is 4.79 Å². The lowest BCUT2D eigenvalue weighted by atomic mass is 9.91. The molecule has 0 spiro atoms. The Hall–Kier alpha value is -1.88. The minimum absolute atomic E-state index is 0.176. The molecular weight excluding hydrogens is 306 g/mol. The zero-order valence-electron chi connectivity index (χ0n) is 14.0. The summed E-state index contributed by atoms with van der Waals surface area (Å²) >= 11 is 1.59. The Morgan fingerprint density at radius 1 is 1.35 bits per heavy atom. The first kappa shape index (κ1) is 16.0. The fraction of sp³-hybridized carbons (Fsp3) is 0.444. The number of pyridine rings is 1. The highest BCUT2D eigenvalue weighted by Gasteiger charge is 2.26. The van der Waals surface area contributed by atoms with Crippen molar-refractivity contribution < 1.29 is 4.79 Å². The smallest absolute Gasteiger partial charge is 0.263 e. The number of piperidine rings is 1. The molecular formula is C18H23N3OS. The normalized spacial score (nSPS) is 18.0. The van der Waals surface area contributed by atoms with Gasteiger partial charge in [0.1, 0.15) is 5.82 Å². The van der Waals surface area contributed by atoms with Gasteiger partial charge in [-0.05, 0) is 49.6 Å². The topological polar surface area (TPSA) is 36.4 Å². The number of carbonyl (C=O) groups is 1. The lowest BCUT2D eigenvalue weighted by Gasteiger charge is -2.33. The summed E-state index contributed by atoms with van der Waals surface area (Å²) in [6, 6.07) is 8.20. The van der Waals surface area contributed by atoms with Crippen molar-refractivity contribution in [3.8, 4) is 0 Å². The molecule has 0 aliphatic carbocycles. The maximum absolute atomic E-state index is 12.7. The molecule has 0 N–H and O–H groups in total. The Balaban J connectivity index is 1.75. The van der Waals surface area contributed by atoms with Gasteiger partial charge in [0.25, 0.3) is 5.91 Å². The number of nitrogens with zero attached hydrogens (tertiary/aromatic N) is 3. The molecule has 0 unspecified atom stereocenters. The first-order valence-electron chi connectivity index (χ1n) is 8.03. The molecule has 2 aromatic rings. The van der Waals surface area contributed by atoms with Crippen molar-refractivity contribution in [2.45, 2.75) is 25.7 Å². The second-order valence-corrected chi connectivity index (χ2v) is 7.63. The van der Waals surface area contributed by atoms with Crippen molar-refractivity contribution in [1.82, 2.24) is 9.88 Å². The number of hydrogen-bond acceptors (Lipinski definition) is 4. The van der Waals surface area contributed by atoms with Crippen LogP contribution in [-0.2, 0) is 0 Å². The van der Waals surface area contributed by atoms with Crippen LogP contribution in [0, 0.1) is 6.92 Å². The van der Waals surface area contributed by atoms with Gasteiger partial charge in [0.05, 0.1) is 4.88 Å². The minimum atomic E-state index is 0.176. The highest BCUT2D eigenvalue weighted by Crippen LogP contribution is 2.29. The zero-order chi connectivity index (χ0) is 16.4. The van der Waals surface area contributed by atoms with Gasteiger partial charge in [0.15, 0.2) is 0 Å². The third-order valence-electron chi connectivity index (χ3n) is 4.36. The summed E-state index contributed by atoms with van der Waals surface area (Å²) in [4.78, 5) is 23.1. The van der Waals surface area contributed by atoms with Crippen LogP contribution in [0.2, 0.25) is 0 Å². The number of aryl methyl sites for hydroxylation is 1. The minimum Gasteiger partial charge on any atom is -0.363 e. The summed E-state index contributed by atoms with van der Waals surface area (Å²) in [5.74, 6) is 1.55. The third kappa shape index (κ3) is 3.55. The zero-order valence-corrected chi connectivity index (χ0v) is 14.8. The Morgan fingerprint density at radius 2 is 2.17 bits per heavy atom. The third-order valence-corrected chi connectivity index (χ3v) is 5.35. The van der Waals surface area contributed by atoms with Gasteiger partial charge in [-0.2, -0.15) is 0 Å². The summed E-state index contributed by atoms with van der Waals surface area (Å²) in [6.07, 6.45) is 4.05. The van der Waals surface area contributed by atoms with E-state index in [0.29, 0.717) is 5.92 Å². The summed E-state index contributed by atoms with van der Waals surface area (Å²) in [5.41, 5.74) is 1.28. The van der Waals surface area contributed by atoms with Crippen LogP contribution in [0.3, 0.4) is 0 Å². The number of likely N-dealkylation sites (tertiary alicyclic amines) is 1. The lowest BCUT2D eigenvalue weighted by molar-refractivity contribution is 0.0712. The maximum Gasteiger partial charge on any atom is 0.263 e. The van der Waals surface area contributed by atoms with Crippen molar-refractivity contribution in [1.29, 1.82) is 0 Å². The average Bonchev–Trinajstić information content (AvgIpc) is 3.01. The molecule has 3 rings (SSSR count). The van der Waals surface area contributed by atoms with Crippen molar-refractivity contribution in [3.05, 3.63) is 45.8 Å². The molecule has 122 valence electrons. The molecule has 4 nitrogen and oxygen atoms in total. The van der Waals surface area contributed by atoms with E-state index in [4.69, 9.17) is 0 Å². The predicted molar refractivity (Wildman–Crippen MR) is 95.5 cm³/mol. The molecule has 3 heterocycles. The number of rotatable bonds is 3. The van der Waals surface area contributed by atoms with E-state index in [1.54, 1.807) is 11.3 Å². The molecule has 1 fully saturated rings. The molecule has 2 aromatic heterocycles. The average molecular weight is 329 g/mol.